The molecule has 0 saturated carbocycles. The van der Waals surface area contributed by atoms with Crippen molar-refractivity contribution in [3.63, 3.8) is 0 Å². The summed E-state index contributed by atoms with van der Waals surface area (Å²) in [7, 11) is 0. The van der Waals surface area contributed by atoms with Gasteiger partial charge in [0.15, 0.2) is 24.0 Å². The number of carboxylic acids is 4. The second kappa shape index (κ2) is 46.0. The number of ether oxygens (including phenoxy) is 4. The van der Waals surface area contributed by atoms with Crippen LogP contribution in [0.4, 0.5) is 0 Å². The number of hydrogen-bond donors (Lipinski definition) is 7. The Hall–Kier alpha value is -8.06. The van der Waals surface area contributed by atoms with Gasteiger partial charge in [0.2, 0.25) is 5.65 Å². The number of alkyl halides is 1. The van der Waals surface area contributed by atoms with Crippen LogP contribution >= 0.6 is 71.8 Å². The highest BCUT2D eigenvalue weighted by Gasteiger charge is 2.20. The number of nitrogens with one attached hydrogen (secondary N) is 2. The Kier molecular flexibility index (Phi) is 38.3. The van der Waals surface area contributed by atoms with E-state index in [1.807, 2.05) is 73.7 Å². The molecular weight excluding hydrogens is 1580 g/mol. The van der Waals surface area contributed by atoms with Crippen LogP contribution in [0.5, 0.6) is 28.7 Å². The molecule has 7 aromatic rings. The molecule has 0 radical (unpaired) electrons. The second-order valence-corrected chi connectivity index (χ2v) is 27.3. The number of aliphatic carboxylic acids is 4. The number of nitrogens with zero attached hydrogens (tertiary/aromatic N) is 7. The van der Waals surface area contributed by atoms with Gasteiger partial charge in [-0.3, -0.25) is 38.7 Å². The third-order valence-corrected chi connectivity index (χ3v) is 18.3. The molecule has 4 aliphatic rings. The fourth-order valence-electron chi connectivity index (χ4n) is 10.8. The number of halogens is 5. The quantitative estimate of drug-likeness (QED) is 0.0115. The molecule has 0 aliphatic carbocycles. The predicted octanol–water partition coefficient (Wildman–Crippen LogP) is 13.4. The van der Waals surface area contributed by atoms with Crippen molar-refractivity contribution >= 4 is 132 Å². The number of aromatic hydroxyl groups is 1. The van der Waals surface area contributed by atoms with E-state index < -0.39 is 35.4 Å². The third-order valence-electron chi connectivity index (χ3n) is 16.6. The summed E-state index contributed by atoms with van der Waals surface area (Å²) < 4.78 is 26.1. The van der Waals surface area contributed by atoms with Crippen molar-refractivity contribution in [1.29, 1.82) is 0 Å². The highest BCUT2D eigenvalue weighted by atomic mass is 79.9. The fraction of sp³-hybridized carbons (Fsp3) is 0.405. The number of fused-ring (bicyclic) bond motifs is 1. The molecule has 25 nitrogen and oxygen atoms in total. The highest BCUT2D eigenvalue weighted by molar-refractivity contribution is 9.11. The SMILES string of the molecule is C/C(=C\c1cc(Br)ccc1OCCN1CCCC1)C(=O)O.CC(C(=O)O)C(=O)O.CCOc1cc(-c2ccc(OCCN3CCCC3)c(/C=C(\C)C(=O)O)c2)ccc1-c1nc2n[nH]nc2c(=O)[nH]1.Cl.ClCCN1CCCC1.O=Cc1cc(Br)ccc1O.O=Cc1cc(Br)ccc1OCCN1CCCC1. The van der Waals surface area contributed by atoms with Gasteiger partial charge in [-0.25, -0.2) is 14.6 Å². The second-order valence-electron chi connectivity index (χ2n) is 24.2. The monoisotopic (exact) mass is 1670 g/mol. The molecule has 7 N–H and O–H groups in total. The van der Waals surface area contributed by atoms with Crippen molar-refractivity contribution in [2.24, 2.45) is 5.92 Å². The Morgan fingerprint density at radius 1 is 0.548 bits per heavy atom. The van der Waals surface area contributed by atoms with E-state index >= 15 is 0 Å². The Balaban J connectivity index is 0.000000251. The lowest BCUT2D eigenvalue weighted by Crippen LogP contribution is -2.25. The van der Waals surface area contributed by atoms with Gasteiger partial charge < -0.3 is 54.4 Å². The molecule has 4 fully saturated rings. The zero-order chi connectivity index (χ0) is 74.8. The van der Waals surface area contributed by atoms with E-state index in [0.717, 1.165) is 107 Å². The largest absolute Gasteiger partial charge is 0.507 e. The topological polar surface area (TPSA) is 341 Å². The molecule has 0 spiro atoms. The lowest BCUT2D eigenvalue weighted by molar-refractivity contribution is -0.153. The first-order chi connectivity index (χ1) is 49.5. The maximum atomic E-state index is 12.4. The molecule has 4 aliphatic heterocycles. The van der Waals surface area contributed by atoms with Crippen molar-refractivity contribution < 1.29 is 73.2 Å². The molecule has 11 rings (SSSR count). The minimum atomic E-state index is -1.31. The van der Waals surface area contributed by atoms with Crippen molar-refractivity contribution in [3.05, 3.63) is 148 Å². The van der Waals surface area contributed by atoms with Crippen LogP contribution in [-0.4, -0.2) is 218 Å². The van der Waals surface area contributed by atoms with Crippen LogP contribution < -0.4 is 24.5 Å². The molecule has 4 saturated heterocycles. The summed E-state index contributed by atoms with van der Waals surface area (Å²) in [6.07, 6.45) is 15.0. The summed E-state index contributed by atoms with van der Waals surface area (Å²) in [5.74, 6) is -2.15. The van der Waals surface area contributed by atoms with Crippen LogP contribution in [0, 0.1) is 5.92 Å². The van der Waals surface area contributed by atoms with Crippen molar-refractivity contribution in [2.75, 3.05) is 111 Å². The number of likely N-dealkylation sites (tertiary alicyclic amines) is 4. The van der Waals surface area contributed by atoms with Gasteiger partial charge in [-0.1, -0.05) is 59.9 Å². The van der Waals surface area contributed by atoms with E-state index in [1.165, 1.54) is 83.6 Å². The van der Waals surface area contributed by atoms with Crippen LogP contribution in [0.25, 0.3) is 45.8 Å². The number of phenolic OH excluding ortho intramolecular Hbond substituents is 1. The number of phenols is 1. The van der Waals surface area contributed by atoms with Gasteiger partial charge in [-0.15, -0.1) is 34.2 Å². The first kappa shape index (κ1) is 86.6. The third kappa shape index (κ3) is 29.1. The molecule has 0 bridgehead atoms. The molecular formula is C74H90Br3Cl2N9O16. The number of rotatable bonds is 26. The standard InChI is InChI=1S/C28H30N6O5.C16H20BrNO3.C13H16BrNO2.C7H5BrO2.C6H12ClN.C4H6O4.ClH/c1-3-38-23-16-19(6-8-21(23)25-29-26-24(27(35)30-25)31-33-32-26)18-7-9-22(20(15-18)14-17(2)28(36)37)39-13-12-34-10-4-5-11-34;1-12(16(19)20)10-13-11-14(17)4-5-15(13)21-9-8-18-6-2-3-7-18;14-12-3-4-13(11(9-12)10-16)17-8-7-15-5-1-2-6-15;8-6-1-2-7(10)5(3-6)4-9;7-3-6-8-4-1-2-5-8;1-2(3(5)6)4(7)8;/h6-9,14-16H,3-5,10-13H2,1-2H3,(H,36,37)(H2,29,30,31,32,33,35);4-5,10-11H,2-3,6-9H2,1H3,(H,19,20);3-4,9-10H,1-2,5-8H2;1-4,10H;1-6H2;2H,1H3,(H,5,6)(H,7,8);1H/b17-14+;12-10+;;;;;. The van der Waals surface area contributed by atoms with Gasteiger partial charge in [-0.2, -0.15) is 5.21 Å². The van der Waals surface area contributed by atoms with E-state index in [4.69, 9.17) is 51.0 Å². The Labute approximate surface area is 640 Å². The zero-order valence-corrected chi connectivity index (χ0v) is 64.8. The maximum Gasteiger partial charge on any atom is 0.331 e. The molecule has 104 heavy (non-hydrogen) atoms. The lowest BCUT2D eigenvalue weighted by atomic mass is 9.99. The van der Waals surface area contributed by atoms with Crippen molar-refractivity contribution in [1.82, 2.24) is 45.0 Å². The first-order valence-electron chi connectivity index (χ1n) is 33.8. The lowest BCUT2D eigenvalue weighted by Gasteiger charge is -2.17. The highest BCUT2D eigenvalue weighted by Crippen LogP contribution is 2.36. The Morgan fingerprint density at radius 2 is 0.952 bits per heavy atom. The van der Waals surface area contributed by atoms with Crippen LogP contribution in [0.3, 0.4) is 0 Å². The number of carboxylic acid groups (broad SMARTS) is 4. The van der Waals surface area contributed by atoms with Gasteiger partial charge >= 0.3 is 23.9 Å². The molecule has 2 aromatic heterocycles. The predicted molar refractivity (Wildman–Crippen MR) is 413 cm³/mol. The number of aldehydes is 2. The minimum absolute atomic E-state index is 0. The average Bonchev–Trinajstić information content (AvgIpc) is 1.28. The molecule has 6 heterocycles. The molecule has 0 amide bonds. The number of H-pyrrole nitrogens is 2. The smallest absolute Gasteiger partial charge is 0.331 e. The van der Waals surface area contributed by atoms with E-state index in [9.17, 15) is 38.7 Å². The van der Waals surface area contributed by atoms with E-state index in [-0.39, 0.29) is 40.5 Å². The summed E-state index contributed by atoms with van der Waals surface area (Å²) >= 11 is 15.4. The van der Waals surface area contributed by atoms with E-state index in [1.54, 1.807) is 44.2 Å². The molecule has 30 heteroatoms. The molecule has 5 aromatic carbocycles. The molecule has 0 atom stereocenters. The summed E-state index contributed by atoms with van der Waals surface area (Å²) in [5, 5.41) is 53.6. The normalized spacial score (nSPS) is 14.5. The van der Waals surface area contributed by atoms with Gasteiger partial charge in [-0.05, 0) is 234 Å². The van der Waals surface area contributed by atoms with Gasteiger partial charge in [0.05, 0.1) is 23.3 Å². The Bertz CT molecular complexity index is 4050. The van der Waals surface area contributed by atoms with E-state index in [0.29, 0.717) is 78.0 Å². The molecule has 0 unspecified atom stereocenters. The minimum Gasteiger partial charge on any atom is -0.507 e. The number of aromatic nitrogens is 5. The Morgan fingerprint density at radius 3 is 1.38 bits per heavy atom. The van der Waals surface area contributed by atoms with Crippen LogP contribution in [0.1, 0.15) is 111 Å². The number of hydrogen-bond acceptors (Lipinski definition) is 19. The number of aromatic amines is 2. The van der Waals surface area contributed by atoms with Gasteiger partial charge in [0.25, 0.3) is 5.56 Å². The summed E-state index contributed by atoms with van der Waals surface area (Å²) in [6.45, 7) is 21.4. The summed E-state index contributed by atoms with van der Waals surface area (Å²) in [6, 6.07) is 27.1. The van der Waals surface area contributed by atoms with Gasteiger partial charge in [0, 0.05) is 67.8 Å². The zero-order valence-electron chi connectivity index (χ0n) is 58.5. The van der Waals surface area contributed by atoms with Crippen LogP contribution in [-0.2, 0) is 19.2 Å². The molecule has 562 valence electrons. The van der Waals surface area contributed by atoms with Crippen LogP contribution in [0.15, 0.2) is 120 Å². The number of carbonyl (C=O) groups is 6. The van der Waals surface area contributed by atoms with Crippen LogP contribution in [0.2, 0.25) is 0 Å². The first-order valence-corrected chi connectivity index (χ1v) is 36.7. The number of carbonyl (C=O) groups excluding carboxylic acids is 2. The summed E-state index contributed by atoms with van der Waals surface area (Å²) in [5.41, 5.74) is 5.11. The van der Waals surface area contributed by atoms with Crippen molar-refractivity contribution in [2.45, 2.75) is 79.1 Å². The summed E-state index contributed by atoms with van der Waals surface area (Å²) in [4.78, 5) is 92.3. The van der Waals surface area contributed by atoms with Gasteiger partial charge in [0.1, 0.15) is 54.4 Å². The average molecular weight is 1670 g/mol. The van der Waals surface area contributed by atoms with E-state index in [2.05, 4.69) is 92.8 Å². The fourth-order valence-corrected chi connectivity index (χ4v) is 12.2. The number of benzene rings is 5. The maximum absolute atomic E-state index is 12.4. The van der Waals surface area contributed by atoms with Crippen molar-refractivity contribution in [3.8, 4) is 51.3 Å².